The Labute approximate surface area is 87.8 Å². The van der Waals surface area contributed by atoms with Crippen molar-refractivity contribution in [3.8, 4) is 11.9 Å². The van der Waals surface area contributed by atoms with E-state index in [9.17, 15) is 0 Å². The summed E-state index contributed by atoms with van der Waals surface area (Å²) in [6.45, 7) is 1.93. The topological polar surface area (TPSA) is 54.5 Å². The average molecular weight is 198 g/mol. The quantitative estimate of drug-likeness (QED) is 0.737. The smallest absolute Gasteiger partial charge is 0.153 e. The molecule has 0 N–H and O–H groups in total. The van der Waals surface area contributed by atoms with Crippen molar-refractivity contribution in [1.82, 2.24) is 14.8 Å². The predicted molar refractivity (Wildman–Crippen MR) is 55.4 cm³/mol. The fourth-order valence-electron chi connectivity index (χ4n) is 1.32. The van der Waals surface area contributed by atoms with Crippen molar-refractivity contribution >= 4 is 0 Å². The van der Waals surface area contributed by atoms with Gasteiger partial charge in [-0.15, -0.1) is 0 Å². The van der Waals surface area contributed by atoms with Crippen molar-refractivity contribution in [2.24, 2.45) is 0 Å². The summed E-state index contributed by atoms with van der Waals surface area (Å²) < 4.78 is 1.68. The molecule has 0 aliphatic heterocycles. The summed E-state index contributed by atoms with van der Waals surface area (Å²) in [6, 6.07) is 7.84. The molecule has 2 heterocycles. The molecule has 0 aromatic carbocycles. The van der Waals surface area contributed by atoms with Crippen LogP contribution in [0.15, 0.2) is 30.6 Å². The molecule has 0 aliphatic rings. The first-order valence-corrected chi connectivity index (χ1v) is 4.64. The van der Waals surface area contributed by atoms with Crippen LogP contribution < -0.4 is 0 Å². The average Bonchev–Trinajstić information content (AvgIpc) is 2.67. The van der Waals surface area contributed by atoms with E-state index in [4.69, 9.17) is 5.26 Å². The molecule has 0 unspecified atom stereocenters. The highest BCUT2D eigenvalue weighted by molar-refractivity contribution is 5.25. The molecule has 0 saturated carbocycles. The Hall–Kier alpha value is -2.15. The molecule has 2 aromatic rings. The summed E-state index contributed by atoms with van der Waals surface area (Å²) in [5.74, 6) is 0.777. The second-order valence-corrected chi connectivity index (χ2v) is 3.27. The van der Waals surface area contributed by atoms with Crippen LogP contribution in [0.1, 0.15) is 11.3 Å². The summed E-state index contributed by atoms with van der Waals surface area (Å²) in [4.78, 5) is 4.33. The monoisotopic (exact) mass is 198 g/mol. The van der Waals surface area contributed by atoms with E-state index in [0.29, 0.717) is 6.42 Å². The van der Waals surface area contributed by atoms with Crippen molar-refractivity contribution in [3.05, 3.63) is 41.9 Å². The third-order valence-electron chi connectivity index (χ3n) is 2.03. The Balaban J connectivity index is 2.34. The van der Waals surface area contributed by atoms with Crippen LogP contribution in [-0.2, 0) is 6.42 Å². The highest BCUT2D eigenvalue weighted by atomic mass is 15.3. The summed E-state index contributed by atoms with van der Waals surface area (Å²) in [5.41, 5.74) is 1.85. The van der Waals surface area contributed by atoms with Crippen LogP contribution in [0, 0.1) is 18.3 Å². The van der Waals surface area contributed by atoms with Gasteiger partial charge in [0, 0.05) is 17.5 Å². The number of aryl methyl sites for hydroxylation is 1. The van der Waals surface area contributed by atoms with Gasteiger partial charge < -0.3 is 0 Å². The molecule has 0 spiro atoms. The second kappa shape index (κ2) is 3.93. The minimum absolute atomic E-state index is 0.381. The van der Waals surface area contributed by atoms with Crippen LogP contribution in [0.2, 0.25) is 0 Å². The molecule has 0 amide bonds. The Morgan fingerprint density at radius 3 is 3.07 bits per heavy atom. The lowest BCUT2D eigenvalue weighted by Gasteiger charge is -1.99. The van der Waals surface area contributed by atoms with Gasteiger partial charge in [0.1, 0.15) is 0 Å². The summed E-state index contributed by atoms with van der Waals surface area (Å²) >= 11 is 0. The number of nitrogens with zero attached hydrogens (tertiary/aromatic N) is 4. The van der Waals surface area contributed by atoms with Crippen LogP contribution in [0.4, 0.5) is 0 Å². The number of hydrogen-bond donors (Lipinski definition) is 0. The van der Waals surface area contributed by atoms with Crippen molar-refractivity contribution in [3.63, 3.8) is 0 Å². The molecule has 0 atom stereocenters. The lowest BCUT2D eigenvalue weighted by Crippen LogP contribution is -1.98. The van der Waals surface area contributed by atoms with E-state index in [1.807, 2.05) is 31.3 Å². The van der Waals surface area contributed by atoms with Crippen LogP contribution >= 0.6 is 0 Å². The molecule has 0 aliphatic carbocycles. The zero-order chi connectivity index (χ0) is 10.7. The minimum atomic E-state index is 0.381. The van der Waals surface area contributed by atoms with Gasteiger partial charge in [-0.3, -0.25) is 0 Å². The van der Waals surface area contributed by atoms with Crippen LogP contribution in [0.5, 0.6) is 0 Å². The van der Waals surface area contributed by atoms with E-state index in [1.165, 1.54) is 0 Å². The summed E-state index contributed by atoms with van der Waals surface area (Å²) in [7, 11) is 0. The maximum atomic E-state index is 8.54. The molecule has 0 radical (unpaired) electrons. The fourth-order valence-corrected chi connectivity index (χ4v) is 1.32. The highest BCUT2D eigenvalue weighted by Gasteiger charge is 2.01. The molecule has 74 valence electrons. The standard InChI is InChI=1S/C11H10N4/c1-9-3-2-4-11(14-9)15-8-10(5-6-12)7-13-15/h2-4,7-8H,5H2,1H3. The van der Waals surface area contributed by atoms with Gasteiger partial charge in [-0.1, -0.05) is 6.07 Å². The van der Waals surface area contributed by atoms with Gasteiger partial charge in [-0.25, -0.2) is 9.67 Å². The molecule has 0 bridgehead atoms. The molecule has 0 fully saturated rings. The highest BCUT2D eigenvalue weighted by Crippen LogP contribution is 2.06. The van der Waals surface area contributed by atoms with E-state index in [0.717, 1.165) is 17.1 Å². The first kappa shape index (κ1) is 9.41. The van der Waals surface area contributed by atoms with E-state index >= 15 is 0 Å². The van der Waals surface area contributed by atoms with E-state index in [-0.39, 0.29) is 0 Å². The summed E-state index contributed by atoms with van der Waals surface area (Å²) in [6.07, 6.45) is 3.89. The van der Waals surface area contributed by atoms with Gasteiger partial charge in [0.15, 0.2) is 5.82 Å². The van der Waals surface area contributed by atoms with Gasteiger partial charge in [0.05, 0.1) is 18.7 Å². The van der Waals surface area contributed by atoms with Crippen molar-refractivity contribution in [2.45, 2.75) is 13.3 Å². The van der Waals surface area contributed by atoms with Gasteiger partial charge in [0.25, 0.3) is 0 Å². The van der Waals surface area contributed by atoms with Crippen molar-refractivity contribution < 1.29 is 0 Å². The largest absolute Gasteiger partial charge is 0.234 e. The molecule has 4 nitrogen and oxygen atoms in total. The maximum Gasteiger partial charge on any atom is 0.153 e. The lowest BCUT2D eigenvalue weighted by molar-refractivity contribution is 0.840. The van der Waals surface area contributed by atoms with Crippen LogP contribution in [0.25, 0.3) is 5.82 Å². The maximum absolute atomic E-state index is 8.54. The van der Waals surface area contributed by atoms with Crippen LogP contribution in [0.3, 0.4) is 0 Å². The fraction of sp³-hybridized carbons (Fsp3) is 0.182. The molecule has 2 rings (SSSR count). The number of hydrogen-bond acceptors (Lipinski definition) is 3. The van der Waals surface area contributed by atoms with Crippen molar-refractivity contribution in [2.75, 3.05) is 0 Å². The van der Waals surface area contributed by atoms with Crippen LogP contribution in [-0.4, -0.2) is 14.8 Å². The van der Waals surface area contributed by atoms with Gasteiger partial charge in [-0.05, 0) is 19.1 Å². The van der Waals surface area contributed by atoms with E-state index in [2.05, 4.69) is 16.2 Å². The number of pyridine rings is 1. The molecule has 0 saturated heterocycles. The number of aromatic nitrogens is 3. The van der Waals surface area contributed by atoms with Gasteiger partial charge >= 0.3 is 0 Å². The Kier molecular flexibility index (Phi) is 2.46. The second-order valence-electron chi connectivity index (χ2n) is 3.27. The molecule has 2 aromatic heterocycles. The predicted octanol–water partition coefficient (Wildman–Crippen LogP) is 1.64. The Morgan fingerprint density at radius 1 is 1.47 bits per heavy atom. The third-order valence-corrected chi connectivity index (χ3v) is 2.03. The zero-order valence-electron chi connectivity index (χ0n) is 8.38. The molecule has 15 heavy (non-hydrogen) atoms. The van der Waals surface area contributed by atoms with E-state index < -0.39 is 0 Å². The zero-order valence-corrected chi connectivity index (χ0v) is 8.38. The van der Waals surface area contributed by atoms with Gasteiger partial charge in [-0.2, -0.15) is 10.4 Å². The molecular weight excluding hydrogens is 188 g/mol. The SMILES string of the molecule is Cc1cccc(-n2cc(CC#N)cn2)n1. The molecular formula is C11H10N4. The minimum Gasteiger partial charge on any atom is -0.234 e. The normalized spacial score (nSPS) is 9.87. The third kappa shape index (κ3) is 2.02. The Morgan fingerprint density at radius 2 is 2.33 bits per heavy atom. The lowest BCUT2D eigenvalue weighted by atomic mass is 10.3. The molecule has 4 heteroatoms. The van der Waals surface area contributed by atoms with Crippen molar-refractivity contribution in [1.29, 1.82) is 5.26 Å². The Bertz CT molecular complexity index is 507. The van der Waals surface area contributed by atoms with Gasteiger partial charge in [0.2, 0.25) is 0 Å². The van der Waals surface area contributed by atoms with E-state index in [1.54, 1.807) is 10.9 Å². The number of rotatable bonds is 2. The first-order chi connectivity index (χ1) is 7.29. The summed E-state index contributed by atoms with van der Waals surface area (Å²) in [5, 5.41) is 12.7. The number of nitriles is 1. The first-order valence-electron chi connectivity index (χ1n) is 4.64.